The van der Waals surface area contributed by atoms with Gasteiger partial charge in [0.15, 0.2) is 5.96 Å². The van der Waals surface area contributed by atoms with E-state index in [4.69, 9.17) is 4.74 Å². The monoisotopic (exact) mass is 460 g/mol. The molecule has 1 aliphatic rings. The number of rotatable bonds is 8. The summed E-state index contributed by atoms with van der Waals surface area (Å²) in [4.78, 5) is 8.99. The highest BCUT2D eigenvalue weighted by atomic mass is 127. The number of ether oxygens (including phenoxy) is 1. The molecule has 0 spiro atoms. The Morgan fingerprint density at radius 2 is 2.16 bits per heavy atom. The first-order chi connectivity index (χ1) is 11.6. The fraction of sp³-hybridized carbons (Fsp3) is 0.684. The number of guanidine groups is 1. The Bertz CT molecular complexity index is 521. The van der Waals surface area contributed by atoms with Crippen LogP contribution in [-0.4, -0.2) is 36.2 Å². The second-order valence-electron chi connectivity index (χ2n) is 6.98. The SMILES string of the molecule is CCCCOC1CC(NC(=NCc2ccccn2)NCC)C1(C)C.I. The molecular weight excluding hydrogens is 427 g/mol. The lowest BCUT2D eigenvalue weighted by molar-refractivity contribution is -0.113. The van der Waals surface area contributed by atoms with E-state index in [-0.39, 0.29) is 29.4 Å². The fourth-order valence-electron chi connectivity index (χ4n) is 2.92. The first-order valence-corrected chi connectivity index (χ1v) is 9.14. The maximum atomic E-state index is 6.02. The molecule has 1 aromatic rings. The minimum atomic E-state index is 0. The lowest BCUT2D eigenvalue weighted by Gasteiger charge is -2.52. The molecule has 0 saturated heterocycles. The molecule has 6 heteroatoms. The molecule has 1 aromatic heterocycles. The van der Waals surface area contributed by atoms with Crippen molar-refractivity contribution in [3.05, 3.63) is 30.1 Å². The van der Waals surface area contributed by atoms with Crippen molar-refractivity contribution in [3.63, 3.8) is 0 Å². The van der Waals surface area contributed by atoms with Crippen molar-refractivity contribution < 1.29 is 4.74 Å². The number of aliphatic imine (C=N–C) groups is 1. The average Bonchev–Trinajstić information content (AvgIpc) is 2.59. The van der Waals surface area contributed by atoms with Crippen LogP contribution in [0.25, 0.3) is 0 Å². The molecule has 1 saturated carbocycles. The van der Waals surface area contributed by atoms with Gasteiger partial charge in [0.1, 0.15) is 0 Å². The first-order valence-electron chi connectivity index (χ1n) is 9.14. The Kier molecular flexibility index (Phi) is 9.71. The van der Waals surface area contributed by atoms with E-state index in [2.05, 4.69) is 48.3 Å². The molecule has 2 unspecified atom stereocenters. The predicted molar refractivity (Wildman–Crippen MR) is 114 cm³/mol. The fourth-order valence-corrected chi connectivity index (χ4v) is 2.92. The van der Waals surface area contributed by atoms with E-state index in [9.17, 15) is 0 Å². The molecule has 0 amide bonds. The number of pyridine rings is 1. The number of nitrogens with zero attached hydrogens (tertiary/aromatic N) is 2. The normalized spacial score (nSPS) is 21.8. The zero-order valence-electron chi connectivity index (χ0n) is 15.9. The first kappa shape index (κ1) is 22.2. The third-order valence-electron chi connectivity index (χ3n) is 4.78. The Balaban J connectivity index is 0.00000312. The molecular formula is C19H33IN4O. The highest BCUT2D eigenvalue weighted by Gasteiger charge is 2.49. The van der Waals surface area contributed by atoms with Crippen molar-refractivity contribution in [1.82, 2.24) is 15.6 Å². The summed E-state index contributed by atoms with van der Waals surface area (Å²) in [5, 5.41) is 6.89. The van der Waals surface area contributed by atoms with Crippen LogP contribution < -0.4 is 10.6 Å². The van der Waals surface area contributed by atoms with Gasteiger partial charge in [-0.25, -0.2) is 4.99 Å². The van der Waals surface area contributed by atoms with Crippen molar-refractivity contribution in [3.8, 4) is 0 Å². The molecule has 5 nitrogen and oxygen atoms in total. The molecule has 0 aliphatic heterocycles. The van der Waals surface area contributed by atoms with Crippen LogP contribution in [0.4, 0.5) is 0 Å². The molecule has 1 heterocycles. The number of nitrogens with one attached hydrogen (secondary N) is 2. The molecule has 25 heavy (non-hydrogen) atoms. The van der Waals surface area contributed by atoms with Gasteiger partial charge in [-0.05, 0) is 31.9 Å². The zero-order valence-corrected chi connectivity index (χ0v) is 18.2. The van der Waals surface area contributed by atoms with Crippen molar-refractivity contribution in [2.45, 2.75) is 65.6 Å². The van der Waals surface area contributed by atoms with E-state index in [1.807, 2.05) is 18.2 Å². The van der Waals surface area contributed by atoms with Crippen LogP contribution in [0, 0.1) is 5.41 Å². The van der Waals surface area contributed by atoms with E-state index >= 15 is 0 Å². The van der Waals surface area contributed by atoms with Crippen molar-refractivity contribution >= 4 is 29.9 Å². The molecule has 0 bridgehead atoms. The van der Waals surface area contributed by atoms with Crippen molar-refractivity contribution in [2.24, 2.45) is 10.4 Å². The predicted octanol–water partition coefficient (Wildman–Crippen LogP) is 3.74. The summed E-state index contributed by atoms with van der Waals surface area (Å²) in [7, 11) is 0. The summed E-state index contributed by atoms with van der Waals surface area (Å²) in [5.74, 6) is 0.855. The largest absolute Gasteiger partial charge is 0.378 e. The van der Waals surface area contributed by atoms with E-state index < -0.39 is 0 Å². The van der Waals surface area contributed by atoms with Gasteiger partial charge in [0.25, 0.3) is 0 Å². The minimum absolute atomic E-state index is 0. The van der Waals surface area contributed by atoms with Gasteiger partial charge in [0, 0.05) is 30.8 Å². The molecule has 2 atom stereocenters. The van der Waals surface area contributed by atoms with Gasteiger partial charge in [0.05, 0.1) is 18.3 Å². The zero-order chi connectivity index (χ0) is 17.4. The lowest BCUT2D eigenvalue weighted by atomic mass is 9.64. The van der Waals surface area contributed by atoms with Crippen molar-refractivity contribution in [1.29, 1.82) is 0 Å². The van der Waals surface area contributed by atoms with Gasteiger partial charge in [0.2, 0.25) is 0 Å². The van der Waals surface area contributed by atoms with Gasteiger partial charge in [-0.15, -0.1) is 24.0 Å². The average molecular weight is 460 g/mol. The number of hydrogen-bond acceptors (Lipinski definition) is 3. The number of unbranched alkanes of at least 4 members (excludes halogenated alkanes) is 1. The summed E-state index contributed by atoms with van der Waals surface area (Å²) in [6.45, 7) is 11.1. The number of halogens is 1. The number of hydrogen-bond donors (Lipinski definition) is 2. The van der Waals surface area contributed by atoms with E-state index in [1.54, 1.807) is 6.20 Å². The highest BCUT2D eigenvalue weighted by Crippen LogP contribution is 2.42. The van der Waals surface area contributed by atoms with Crippen LogP contribution >= 0.6 is 24.0 Å². The second kappa shape index (κ2) is 11.0. The van der Waals surface area contributed by atoms with E-state index in [0.717, 1.165) is 37.6 Å². The van der Waals surface area contributed by atoms with E-state index in [0.29, 0.717) is 18.7 Å². The molecule has 1 aliphatic carbocycles. The smallest absolute Gasteiger partial charge is 0.191 e. The van der Waals surface area contributed by atoms with Gasteiger partial charge in [-0.1, -0.05) is 33.3 Å². The minimum Gasteiger partial charge on any atom is -0.378 e. The molecule has 0 radical (unpaired) electrons. The van der Waals surface area contributed by atoms with Crippen LogP contribution in [0.2, 0.25) is 0 Å². The summed E-state index contributed by atoms with van der Waals surface area (Å²) in [5.41, 5.74) is 1.10. The van der Waals surface area contributed by atoms with Crippen LogP contribution in [-0.2, 0) is 11.3 Å². The highest BCUT2D eigenvalue weighted by molar-refractivity contribution is 14.0. The quantitative estimate of drug-likeness (QED) is 0.269. The van der Waals surface area contributed by atoms with Crippen LogP contribution in [0.1, 0.15) is 52.7 Å². The van der Waals surface area contributed by atoms with Crippen LogP contribution in [0.15, 0.2) is 29.4 Å². The Labute approximate surface area is 169 Å². The second-order valence-corrected chi connectivity index (χ2v) is 6.98. The molecule has 1 fully saturated rings. The Morgan fingerprint density at radius 3 is 2.76 bits per heavy atom. The molecule has 142 valence electrons. The van der Waals surface area contributed by atoms with Gasteiger partial charge < -0.3 is 15.4 Å². The van der Waals surface area contributed by atoms with Gasteiger partial charge in [-0.3, -0.25) is 4.98 Å². The Hall–Kier alpha value is -0.890. The van der Waals surface area contributed by atoms with Crippen LogP contribution in [0.3, 0.4) is 0 Å². The van der Waals surface area contributed by atoms with Crippen molar-refractivity contribution in [2.75, 3.05) is 13.2 Å². The maximum absolute atomic E-state index is 6.02. The topological polar surface area (TPSA) is 58.5 Å². The van der Waals surface area contributed by atoms with Crippen LogP contribution in [0.5, 0.6) is 0 Å². The molecule has 2 rings (SSSR count). The summed E-state index contributed by atoms with van der Waals surface area (Å²) in [6.07, 6.45) is 5.49. The summed E-state index contributed by atoms with van der Waals surface area (Å²) < 4.78 is 6.02. The van der Waals surface area contributed by atoms with E-state index in [1.165, 1.54) is 6.42 Å². The third kappa shape index (κ3) is 6.40. The number of aromatic nitrogens is 1. The summed E-state index contributed by atoms with van der Waals surface area (Å²) in [6, 6.07) is 6.29. The lowest BCUT2D eigenvalue weighted by Crippen LogP contribution is -2.63. The van der Waals surface area contributed by atoms with Gasteiger partial charge >= 0.3 is 0 Å². The molecule has 2 N–H and O–H groups in total. The third-order valence-corrected chi connectivity index (χ3v) is 4.78. The molecule has 0 aromatic carbocycles. The Morgan fingerprint density at radius 1 is 1.36 bits per heavy atom. The summed E-state index contributed by atoms with van der Waals surface area (Å²) >= 11 is 0. The standard InChI is InChI=1S/C19H32N4O.HI/c1-5-7-12-24-17-13-16(19(17,3)4)23-18(20-6-2)22-14-15-10-8-9-11-21-15;/h8-11,16-17H,5-7,12-14H2,1-4H3,(H2,20,22,23);1H. The maximum Gasteiger partial charge on any atom is 0.191 e. The van der Waals surface area contributed by atoms with Gasteiger partial charge in [-0.2, -0.15) is 0 Å².